The lowest BCUT2D eigenvalue weighted by Crippen LogP contribution is -2.47. The molecule has 3 atom stereocenters. The summed E-state index contributed by atoms with van der Waals surface area (Å²) in [5.41, 5.74) is 0.936. The van der Waals surface area contributed by atoms with E-state index in [1.54, 1.807) is 0 Å². The van der Waals surface area contributed by atoms with Crippen molar-refractivity contribution in [3.63, 3.8) is 0 Å². The van der Waals surface area contributed by atoms with Gasteiger partial charge in [-0.15, -0.1) is 0 Å². The average molecular weight is 343 g/mol. The van der Waals surface area contributed by atoms with E-state index >= 15 is 0 Å². The molecule has 4 nitrogen and oxygen atoms in total. The maximum absolute atomic E-state index is 11.3. The van der Waals surface area contributed by atoms with Gasteiger partial charge >= 0.3 is 5.97 Å². The van der Waals surface area contributed by atoms with Gasteiger partial charge in [-0.2, -0.15) is 0 Å². The van der Waals surface area contributed by atoms with Crippen molar-refractivity contribution < 1.29 is 18.8 Å². The Morgan fingerprint density at radius 1 is 1.22 bits per heavy atom. The Hall–Kier alpha value is -0.943. The van der Waals surface area contributed by atoms with Gasteiger partial charge < -0.3 is 14.0 Å². The standard InChI is InChI=1S/C18H34O4Si/c1-13(11-16(20)21-7)10-14(2)17(15(3)12-19)22-23(8,9)18(4,5)6/h11-12,14-15,17H,10H2,1-9H3/b13-11+/t14-,15+,17+/m0/s1. The van der Waals surface area contributed by atoms with Crippen molar-refractivity contribution in [2.24, 2.45) is 11.8 Å². The fourth-order valence-electron chi connectivity index (χ4n) is 2.28. The van der Waals surface area contributed by atoms with Crippen molar-refractivity contribution in [1.82, 2.24) is 0 Å². The van der Waals surface area contributed by atoms with Crippen LogP contribution in [0.2, 0.25) is 18.1 Å². The van der Waals surface area contributed by atoms with E-state index in [0.29, 0.717) is 6.42 Å². The van der Waals surface area contributed by atoms with Gasteiger partial charge in [-0.3, -0.25) is 0 Å². The quantitative estimate of drug-likeness (QED) is 0.285. The van der Waals surface area contributed by atoms with E-state index in [1.807, 2.05) is 13.8 Å². The molecule has 0 aromatic rings. The number of esters is 1. The van der Waals surface area contributed by atoms with Crippen LogP contribution in [0.1, 0.15) is 48.0 Å². The van der Waals surface area contributed by atoms with Gasteiger partial charge in [0.25, 0.3) is 0 Å². The molecule has 0 heterocycles. The number of rotatable bonds is 8. The number of carbonyl (C=O) groups is 2. The number of allylic oxidation sites excluding steroid dienone is 1. The monoisotopic (exact) mass is 342 g/mol. The molecule has 0 fully saturated rings. The topological polar surface area (TPSA) is 52.6 Å². The molecule has 0 saturated carbocycles. The molecular formula is C18H34O4Si. The van der Waals surface area contributed by atoms with Crippen LogP contribution in [0, 0.1) is 11.8 Å². The van der Waals surface area contributed by atoms with Crippen LogP contribution in [0.25, 0.3) is 0 Å². The number of methoxy groups -OCH3 is 1. The molecule has 0 rings (SSSR count). The summed E-state index contributed by atoms with van der Waals surface area (Å²) in [5, 5.41) is 0.0878. The second-order valence-electron chi connectivity index (χ2n) is 8.03. The Bertz CT molecular complexity index is 435. The van der Waals surface area contributed by atoms with Gasteiger partial charge in [-0.1, -0.05) is 40.2 Å². The molecule has 0 aliphatic carbocycles. The molecule has 0 aromatic carbocycles. The van der Waals surface area contributed by atoms with Crippen LogP contribution >= 0.6 is 0 Å². The van der Waals surface area contributed by atoms with Gasteiger partial charge in [-0.25, -0.2) is 4.79 Å². The molecule has 0 spiro atoms. The van der Waals surface area contributed by atoms with Crippen molar-refractivity contribution in [3.05, 3.63) is 11.6 Å². The van der Waals surface area contributed by atoms with Crippen LogP contribution in [0.15, 0.2) is 11.6 Å². The van der Waals surface area contributed by atoms with Gasteiger partial charge in [0.05, 0.1) is 13.2 Å². The molecule has 0 unspecified atom stereocenters. The van der Waals surface area contributed by atoms with E-state index < -0.39 is 8.32 Å². The fourth-order valence-corrected chi connectivity index (χ4v) is 3.76. The summed E-state index contributed by atoms with van der Waals surface area (Å²) < 4.78 is 11.2. The summed E-state index contributed by atoms with van der Waals surface area (Å²) in [6.45, 7) is 16.8. The zero-order valence-electron chi connectivity index (χ0n) is 16.2. The first-order chi connectivity index (χ1) is 10.4. The SMILES string of the molecule is COC(=O)/C=C(\C)C[C@H](C)[C@@H](O[Si](C)(C)C(C)(C)C)[C@H](C)C=O. The van der Waals surface area contributed by atoms with Crippen molar-refractivity contribution in [1.29, 1.82) is 0 Å². The highest BCUT2D eigenvalue weighted by molar-refractivity contribution is 6.74. The van der Waals surface area contributed by atoms with E-state index in [-0.39, 0.29) is 28.9 Å². The predicted molar refractivity (Wildman–Crippen MR) is 96.9 cm³/mol. The third-order valence-electron chi connectivity index (χ3n) is 4.74. The second-order valence-corrected chi connectivity index (χ2v) is 12.8. The molecule has 0 radical (unpaired) electrons. The number of hydrogen-bond acceptors (Lipinski definition) is 4. The lowest BCUT2D eigenvalue weighted by atomic mass is 9.89. The van der Waals surface area contributed by atoms with Crippen LogP contribution in [0.5, 0.6) is 0 Å². The normalized spacial score (nSPS) is 17.3. The Morgan fingerprint density at radius 2 is 1.74 bits per heavy atom. The summed E-state index contributed by atoms with van der Waals surface area (Å²) >= 11 is 0. The van der Waals surface area contributed by atoms with E-state index in [1.165, 1.54) is 13.2 Å². The van der Waals surface area contributed by atoms with Crippen molar-refractivity contribution in [2.75, 3.05) is 7.11 Å². The number of carbonyl (C=O) groups excluding carboxylic acids is 2. The molecule has 23 heavy (non-hydrogen) atoms. The number of hydrogen-bond donors (Lipinski definition) is 0. The summed E-state index contributed by atoms with van der Waals surface area (Å²) in [6, 6.07) is 0. The molecule has 134 valence electrons. The van der Waals surface area contributed by atoms with Gasteiger partial charge in [0.15, 0.2) is 8.32 Å². The lowest BCUT2D eigenvalue weighted by molar-refractivity contribution is -0.134. The summed E-state index contributed by atoms with van der Waals surface area (Å²) in [6.07, 6.45) is 3.03. The molecule has 0 aliphatic rings. The molecular weight excluding hydrogens is 308 g/mol. The first-order valence-corrected chi connectivity index (χ1v) is 11.1. The van der Waals surface area contributed by atoms with E-state index in [0.717, 1.165) is 11.9 Å². The van der Waals surface area contributed by atoms with Gasteiger partial charge in [0.2, 0.25) is 0 Å². The first kappa shape index (κ1) is 22.1. The third kappa shape index (κ3) is 7.00. The Morgan fingerprint density at radius 3 is 2.13 bits per heavy atom. The highest BCUT2D eigenvalue weighted by Gasteiger charge is 2.41. The molecule has 0 amide bonds. The molecule has 5 heteroatoms. The highest BCUT2D eigenvalue weighted by Crippen LogP contribution is 2.39. The summed E-state index contributed by atoms with van der Waals surface area (Å²) in [5.74, 6) is -0.379. The molecule has 0 N–H and O–H groups in total. The van der Waals surface area contributed by atoms with Crippen molar-refractivity contribution in [3.8, 4) is 0 Å². The summed E-state index contributed by atoms with van der Waals surface area (Å²) in [7, 11) is -0.601. The maximum atomic E-state index is 11.3. The zero-order valence-corrected chi connectivity index (χ0v) is 17.2. The molecule has 0 bridgehead atoms. The van der Waals surface area contributed by atoms with Crippen molar-refractivity contribution >= 4 is 20.6 Å². The molecule has 0 aromatic heterocycles. The number of aldehydes is 1. The zero-order chi connectivity index (χ0) is 18.4. The Balaban J connectivity index is 5.23. The van der Waals surface area contributed by atoms with E-state index in [2.05, 4.69) is 45.5 Å². The predicted octanol–water partition coefficient (Wildman–Crippen LogP) is 4.36. The van der Waals surface area contributed by atoms with Crippen LogP contribution in [0.3, 0.4) is 0 Å². The van der Waals surface area contributed by atoms with Crippen LogP contribution in [-0.4, -0.2) is 33.8 Å². The van der Waals surface area contributed by atoms with E-state index in [9.17, 15) is 9.59 Å². The minimum atomic E-state index is -1.97. The lowest BCUT2D eigenvalue weighted by Gasteiger charge is -2.42. The highest BCUT2D eigenvalue weighted by atomic mass is 28.4. The first-order valence-electron chi connectivity index (χ1n) is 8.24. The average Bonchev–Trinajstić information content (AvgIpc) is 2.42. The van der Waals surface area contributed by atoms with Crippen LogP contribution < -0.4 is 0 Å². The molecule has 0 saturated heterocycles. The van der Waals surface area contributed by atoms with Crippen molar-refractivity contribution in [2.45, 2.75) is 72.2 Å². The molecule has 0 aliphatic heterocycles. The van der Waals surface area contributed by atoms with Gasteiger partial charge in [0.1, 0.15) is 6.29 Å². The third-order valence-corrected chi connectivity index (χ3v) is 9.21. The Kier molecular flexibility index (Phi) is 8.42. The van der Waals surface area contributed by atoms with Crippen LogP contribution in [-0.2, 0) is 18.8 Å². The largest absolute Gasteiger partial charge is 0.466 e. The van der Waals surface area contributed by atoms with Gasteiger partial charge in [0, 0.05) is 12.0 Å². The smallest absolute Gasteiger partial charge is 0.330 e. The minimum absolute atomic E-state index is 0.0878. The van der Waals surface area contributed by atoms with Crippen LogP contribution in [0.4, 0.5) is 0 Å². The van der Waals surface area contributed by atoms with E-state index in [4.69, 9.17) is 4.43 Å². The Labute approximate surface area is 142 Å². The number of ether oxygens (including phenoxy) is 1. The summed E-state index contributed by atoms with van der Waals surface area (Å²) in [4.78, 5) is 22.7. The second kappa shape index (κ2) is 8.78. The van der Waals surface area contributed by atoms with Gasteiger partial charge in [-0.05, 0) is 37.4 Å². The maximum Gasteiger partial charge on any atom is 0.330 e. The fraction of sp³-hybridized carbons (Fsp3) is 0.778. The minimum Gasteiger partial charge on any atom is -0.466 e.